The van der Waals surface area contributed by atoms with Crippen molar-refractivity contribution in [3.05, 3.63) is 29.8 Å². The van der Waals surface area contributed by atoms with Crippen LogP contribution in [0.5, 0.6) is 5.75 Å². The summed E-state index contributed by atoms with van der Waals surface area (Å²) in [6.07, 6.45) is 2.53. The zero-order chi connectivity index (χ0) is 11.4. The Bertz CT molecular complexity index is 375. The van der Waals surface area contributed by atoms with Crippen molar-refractivity contribution in [3.8, 4) is 5.75 Å². The highest BCUT2D eigenvalue weighted by atomic mass is 16.5. The number of rotatable bonds is 5. The molecule has 0 spiro atoms. The van der Waals surface area contributed by atoms with Crippen LogP contribution in [0.3, 0.4) is 0 Å². The molecule has 2 amide bonds. The molecule has 1 aliphatic rings. The first kappa shape index (κ1) is 10.8. The predicted octanol–water partition coefficient (Wildman–Crippen LogP) is 1.64. The van der Waals surface area contributed by atoms with E-state index < -0.39 is 6.03 Å². The normalized spacial score (nSPS) is 14.5. The van der Waals surface area contributed by atoms with Crippen molar-refractivity contribution in [1.29, 1.82) is 0 Å². The van der Waals surface area contributed by atoms with E-state index in [1.807, 2.05) is 24.3 Å². The number of carbonyl (C=O) groups is 1. The molecule has 0 heterocycles. The number of para-hydroxylation sites is 1. The minimum atomic E-state index is -0.517. The van der Waals surface area contributed by atoms with E-state index in [2.05, 4.69) is 5.32 Å². The van der Waals surface area contributed by atoms with Gasteiger partial charge >= 0.3 is 6.03 Å². The summed E-state index contributed by atoms with van der Waals surface area (Å²) in [4.78, 5) is 10.6. The quantitative estimate of drug-likeness (QED) is 0.792. The van der Waals surface area contributed by atoms with Crippen LogP contribution in [0, 0.1) is 5.92 Å². The van der Waals surface area contributed by atoms with Crippen LogP contribution in [0.2, 0.25) is 0 Å². The van der Waals surface area contributed by atoms with E-state index in [1.165, 1.54) is 12.8 Å². The van der Waals surface area contributed by atoms with Gasteiger partial charge in [-0.25, -0.2) is 4.79 Å². The first-order valence-corrected chi connectivity index (χ1v) is 5.49. The van der Waals surface area contributed by atoms with Gasteiger partial charge in [0.1, 0.15) is 5.75 Å². The number of primary amides is 1. The molecule has 0 unspecified atom stereocenters. The number of hydrogen-bond donors (Lipinski definition) is 2. The monoisotopic (exact) mass is 220 g/mol. The number of benzene rings is 1. The second-order valence-electron chi connectivity index (χ2n) is 4.08. The lowest BCUT2D eigenvalue weighted by molar-refractivity contribution is 0.248. The Balaban J connectivity index is 1.94. The van der Waals surface area contributed by atoms with Crippen molar-refractivity contribution in [2.45, 2.75) is 19.4 Å². The van der Waals surface area contributed by atoms with Gasteiger partial charge in [-0.15, -0.1) is 0 Å². The first-order chi connectivity index (χ1) is 7.75. The molecule has 0 aliphatic heterocycles. The number of nitrogens with one attached hydrogen (secondary N) is 1. The molecule has 0 bridgehead atoms. The second kappa shape index (κ2) is 4.88. The van der Waals surface area contributed by atoms with Crippen LogP contribution in [0.15, 0.2) is 24.3 Å². The van der Waals surface area contributed by atoms with Gasteiger partial charge in [-0.1, -0.05) is 18.2 Å². The summed E-state index contributed by atoms with van der Waals surface area (Å²) < 4.78 is 5.70. The summed E-state index contributed by atoms with van der Waals surface area (Å²) in [6, 6.07) is 7.17. The molecule has 0 atom stereocenters. The molecular weight excluding hydrogens is 204 g/mol. The zero-order valence-corrected chi connectivity index (χ0v) is 9.11. The Morgan fingerprint density at radius 3 is 2.88 bits per heavy atom. The van der Waals surface area contributed by atoms with Gasteiger partial charge in [-0.3, -0.25) is 0 Å². The summed E-state index contributed by atoms with van der Waals surface area (Å²) in [6.45, 7) is 1.18. The Hall–Kier alpha value is -1.71. The van der Waals surface area contributed by atoms with Gasteiger partial charge in [0.05, 0.1) is 6.61 Å². The van der Waals surface area contributed by atoms with Crippen LogP contribution < -0.4 is 15.8 Å². The smallest absolute Gasteiger partial charge is 0.312 e. The maximum absolute atomic E-state index is 10.6. The molecule has 4 nitrogen and oxygen atoms in total. The number of carbonyl (C=O) groups excluding carboxylic acids is 1. The molecular formula is C12H16N2O2. The second-order valence-corrected chi connectivity index (χ2v) is 4.08. The maximum atomic E-state index is 10.6. The number of nitrogens with two attached hydrogens (primary N) is 1. The van der Waals surface area contributed by atoms with Crippen LogP contribution in [-0.4, -0.2) is 12.6 Å². The first-order valence-electron chi connectivity index (χ1n) is 5.49. The summed E-state index contributed by atoms with van der Waals surface area (Å²) in [5.41, 5.74) is 5.99. The molecule has 0 aromatic heterocycles. The maximum Gasteiger partial charge on any atom is 0.312 e. The van der Waals surface area contributed by atoms with E-state index in [4.69, 9.17) is 10.5 Å². The Labute approximate surface area is 94.8 Å². The van der Waals surface area contributed by atoms with Crippen LogP contribution in [-0.2, 0) is 6.54 Å². The fourth-order valence-corrected chi connectivity index (χ4v) is 1.47. The molecule has 2 rings (SSSR count). The van der Waals surface area contributed by atoms with Gasteiger partial charge in [0.15, 0.2) is 0 Å². The number of ether oxygens (including phenoxy) is 1. The molecule has 0 radical (unpaired) electrons. The third kappa shape index (κ3) is 3.15. The largest absolute Gasteiger partial charge is 0.493 e. The summed E-state index contributed by atoms with van der Waals surface area (Å²) in [5.74, 6) is 1.56. The average Bonchev–Trinajstić information content (AvgIpc) is 3.08. The predicted molar refractivity (Wildman–Crippen MR) is 61.1 cm³/mol. The minimum Gasteiger partial charge on any atom is -0.493 e. The van der Waals surface area contributed by atoms with Crippen LogP contribution in [0.25, 0.3) is 0 Å². The van der Waals surface area contributed by atoms with E-state index in [1.54, 1.807) is 0 Å². The molecule has 86 valence electrons. The van der Waals surface area contributed by atoms with Crippen molar-refractivity contribution in [3.63, 3.8) is 0 Å². The lowest BCUT2D eigenvalue weighted by atomic mass is 10.2. The SMILES string of the molecule is NC(=O)NCc1ccccc1OCC1CC1. The molecule has 1 aliphatic carbocycles. The van der Waals surface area contributed by atoms with Crippen LogP contribution in [0.1, 0.15) is 18.4 Å². The van der Waals surface area contributed by atoms with Crippen molar-refractivity contribution in [1.82, 2.24) is 5.32 Å². The molecule has 16 heavy (non-hydrogen) atoms. The molecule has 1 aromatic carbocycles. The van der Waals surface area contributed by atoms with E-state index in [0.29, 0.717) is 6.54 Å². The molecule has 4 heteroatoms. The van der Waals surface area contributed by atoms with Crippen molar-refractivity contribution >= 4 is 6.03 Å². The van der Waals surface area contributed by atoms with Gasteiger partial charge in [0, 0.05) is 12.1 Å². The number of hydrogen-bond acceptors (Lipinski definition) is 2. The van der Waals surface area contributed by atoms with Crippen LogP contribution >= 0.6 is 0 Å². The highest BCUT2D eigenvalue weighted by molar-refractivity contribution is 5.71. The highest BCUT2D eigenvalue weighted by Gasteiger charge is 2.22. The van der Waals surface area contributed by atoms with E-state index >= 15 is 0 Å². The van der Waals surface area contributed by atoms with E-state index in [-0.39, 0.29) is 0 Å². The van der Waals surface area contributed by atoms with Gasteiger partial charge in [-0.05, 0) is 24.8 Å². The van der Waals surface area contributed by atoms with Gasteiger partial charge in [-0.2, -0.15) is 0 Å². The number of urea groups is 1. The fourth-order valence-electron chi connectivity index (χ4n) is 1.47. The summed E-state index contributed by atoms with van der Waals surface area (Å²) >= 11 is 0. The summed E-state index contributed by atoms with van der Waals surface area (Å²) in [7, 11) is 0. The number of amides is 2. The lowest BCUT2D eigenvalue weighted by Crippen LogP contribution is -2.28. The lowest BCUT2D eigenvalue weighted by Gasteiger charge is -2.11. The Morgan fingerprint density at radius 2 is 2.19 bits per heavy atom. The molecule has 1 aromatic rings. The molecule has 1 fully saturated rings. The van der Waals surface area contributed by atoms with Crippen molar-refractivity contribution < 1.29 is 9.53 Å². The van der Waals surface area contributed by atoms with Crippen molar-refractivity contribution in [2.75, 3.05) is 6.61 Å². The minimum absolute atomic E-state index is 0.413. The molecule has 0 saturated heterocycles. The van der Waals surface area contributed by atoms with Crippen molar-refractivity contribution in [2.24, 2.45) is 11.7 Å². The standard InChI is InChI=1S/C12H16N2O2/c13-12(15)14-7-10-3-1-2-4-11(10)16-8-9-5-6-9/h1-4,9H,5-8H2,(H3,13,14,15). The fraction of sp³-hybridized carbons (Fsp3) is 0.417. The van der Waals surface area contributed by atoms with Gasteiger partial charge in [0.25, 0.3) is 0 Å². The molecule has 3 N–H and O–H groups in total. The topological polar surface area (TPSA) is 64.4 Å². The average molecular weight is 220 g/mol. The summed E-state index contributed by atoms with van der Waals surface area (Å²) in [5, 5.41) is 2.56. The molecule has 1 saturated carbocycles. The zero-order valence-electron chi connectivity index (χ0n) is 9.11. The van der Waals surface area contributed by atoms with Gasteiger partial charge in [0.2, 0.25) is 0 Å². The third-order valence-electron chi connectivity index (χ3n) is 2.60. The Morgan fingerprint density at radius 1 is 1.44 bits per heavy atom. The van der Waals surface area contributed by atoms with E-state index in [9.17, 15) is 4.79 Å². The van der Waals surface area contributed by atoms with E-state index in [0.717, 1.165) is 23.8 Å². The third-order valence-corrected chi connectivity index (χ3v) is 2.60. The Kier molecular flexibility index (Phi) is 3.29. The van der Waals surface area contributed by atoms with Gasteiger partial charge < -0.3 is 15.8 Å². The van der Waals surface area contributed by atoms with Crippen LogP contribution in [0.4, 0.5) is 4.79 Å². The highest BCUT2D eigenvalue weighted by Crippen LogP contribution is 2.30.